The number of nitrogens with two attached hydrogens (primary N) is 1. The van der Waals surface area contributed by atoms with Crippen LogP contribution in [0.1, 0.15) is 19.3 Å². The summed E-state index contributed by atoms with van der Waals surface area (Å²) >= 11 is 5.88. The zero-order valence-electron chi connectivity index (χ0n) is 7.16. The zero-order valence-corrected chi connectivity index (χ0v) is 7.92. The highest BCUT2D eigenvalue weighted by molar-refractivity contribution is 6.31. The zero-order chi connectivity index (χ0) is 9.26. The van der Waals surface area contributed by atoms with Crippen LogP contribution < -0.4 is 10.5 Å². The van der Waals surface area contributed by atoms with E-state index in [1.165, 1.54) is 12.6 Å². The first-order valence-corrected chi connectivity index (χ1v) is 4.71. The fourth-order valence-corrected chi connectivity index (χ4v) is 1.34. The lowest BCUT2D eigenvalue weighted by molar-refractivity contribution is 0.120. The fraction of sp³-hybridized carbons (Fsp3) is 0.444. The number of rotatable bonds is 2. The van der Waals surface area contributed by atoms with E-state index in [9.17, 15) is 0 Å². The molecule has 70 valence electrons. The third kappa shape index (κ3) is 1.86. The van der Waals surface area contributed by atoms with Crippen LogP contribution in [0.2, 0.25) is 5.02 Å². The van der Waals surface area contributed by atoms with Crippen LogP contribution in [0.5, 0.6) is 5.75 Å². The summed E-state index contributed by atoms with van der Waals surface area (Å²) in [6.45, 7) is 0. The Morgan fingerprint density at radius 1 is 1.54 bits per heavy atom. The summed E-state index contributed by atoms with van der Waals surface area (Å²) in [6.07, 6.45) is 5.30. The quantitative estimate of drug-likeness (QED) is 0.793. The number of ether oxygens (including phenoxy) is 1. The minimum absolute atomic E-state index is 0.319. The topological polar surface area (TPSA) is 48.1 Å². The standard InChI is InChI=1S/C9H11ClN2O/c10-7-5-12-9(11)4-8(7)13-6-2-1-3-6/h4-6H,1-3H2,(H2,11,12). The Balaban J connectivity index is 2.13. The molecule has 3 nitrogen and oxygen atoms in total. The molecule has 0 aliphatic heterocycles. The molecule has 2 rings (SSSR count). The lowest BCUT2D eigenvalue weighted by Gasteiger charge is -2.26. The summed E-state index contributed by atoms with van der Waals surface area (Å²) in [5, 5.41) is 0.529. The van der Waals surface area contributed by atoms with E-state index in [1.54, 1.807) is 6.07 Å². The molecule has 0 spiro atoms. The van der Waals surface area contributed by atoms with Gasteiger partial charge < -0.3 is 10.5 Å². The highest BCUT2D eigenvalue weighted by atomic mass is 35.5. The van der Waals surface area contributed by atoms with E-state index in [0.717, 1.165) is 12.8 Å². The van der Waals surface area contributed by atoms with Gasteiger partial charge in [-0.25, -0.2) is 4.98 Å². The van der Waals surface area contributed by atoms with E-state index in [4.69, 9.17) is 22.1 Å². The molecule has 1 aromatic rings. The molecule has 0 unspecified atom stereocenters. The minimum Gasteiger partial charge on any atom is -0.489 e. The van der Waals surface area contributed by atoms with Crippen LogP contribution in [0.3, 0.4) is 0 Å². The summed E-state index contributed by atoms with van der Waals surface area (Å²) < 4.78 is 5.61. The Hall–Kier alpha value is -0.960. The second-order valence-electron chi connectivity index (χ2n) is 3.21. The number of aromatic nitrogens is 1. The van der Waals surface area contributed by atoms with Crippen molar-refractivity contribution >= 4 is 17.4 Å². The number of nitrogen functional groups attached to an aromatic ring is 1. The molecule has 0 atom stereocenters. The van der Waals surface area contributed by atoms with Crippen molar-refractivity contribution in [2.75, 3.05) is 5.73 Å². The van der Waals surface area contributed by atoms with Gasteiger partial charge in [0.1, 0.15) is 16.6 Å². The first kappa shape index (κ1) is 8.63. The average Bonchev–Trinajstić information content (AvgIpc) is 2.03. The number of hydrogen-bond acceptors (Lipinski definition) is 3. The predicted molar refractivity (Wildman–Crippen MR) is 51.9 cm³/mol. The van der Waals surface area contributed by atoms with Crippen LogP contribution >= 0.6 is 11.6 Å². The Morgan fingerprint density at radius 2 is 2.31 bits per heavy atom. The lowest BCUT2D eigenvalue weighted by Crippen LogP contribution is -2.24. The van der Waals surface area contributed by atoms with Gasteiger partial charge in [-0.15, -0.1) is 0 Å². The second kappa shape index (κ2) is 3.42. The van der Waals surface area contributed by atoms with E-state index < -0.39 is 0 Å². The monoisotopic (exact) mass is 198 g/mol. The Labute approximate surface area is 81.9 Å². The molecule has 0 bridgehead atoms. The van der Waals surface area contributed by atoms with Crippen molar-refractivity contribution in [1.82, 2.24) is 4.98 Å². The van der Waals surface area contributed by atoms with Gasteiger partial charge in [-0.3, -0.25) is 0 Å². The molecule has 0 radical (unpaired) electrons. The van der Waals surface area contributed by atoms with Gasteiger partial charge in [-0.1, -0.05) is 11.6 Å². The SMILES string of the molecule is Nc1cc(OC2CCC2)c(Cl)cn1. The van der Waals surface area contributed by atoms with E-state index in [0.29, 0.717) is 22.7 Å². The van der Waals surface area contributed by atoms with Crippen molar-refractivity contribution < 1.29 is 4.74 Å². The highest BCUT2D eigenvalue weighted by Gasteiger charge is 2.20. The molecule has 1 aliphatic carbocycles. The van der Waals surface area contributed by atoms with Crippen molar-refractivity contribution in [2.45, 2.75) is 25.4 Å². The van der Waals surface area contributed by atoms with Gasteiger partial charge in [0.15, 0.2) is 0 Å². The van der Waals surface area contributed by atoms with Crippen LogP contribution in [0.15, 0.2) is 12.3 Å². The maximum absolute atomic E-state index is 5.88. The summed E-state index contributed by atoms with van der Waals surface area (Å²) in [5.41, 5.74) is 5.51. The van der Waals surface area contributed by atoms with Crippen molar-refractivity contribution in [3.05, 3.63) is 17.3 Å². The summed E-state index contributed by atoms with van der Waals surface area (Å²) in [5.74, 6) is 1.09. The van der Waals surface area contributed by atoms with E-state index >= 15 is 0 Å². The number of anilines is 1. The van der Waals surface area contributed by atoms with Crippen molar-refractivity contribution in [3.8, 4) is 5.75 Å². The maximum Gasteiger partial charge on any atom is 0.143 e. The van der Waals surface area contributed by atoms with E-state index in [2.05, 4.69) is 4.98 Å². The van der Waals surface area contributed by atoms with Crippen LogP contribution in [-0.4, -0.2) is 11.1 Å². The van der Waals surface area contributed by atoms with Crippen LogP contribution in [-0.2, 0) is 0 Å². The molecule has 1 saturated carbocycles. The normalized spacial score (nSPS) is 16.7. The lowest BCUT2D eigenvalue weighted by atomic mass is 9.96. The Kier molecular flexibility index (Phi) is 2.27. The van der Waals surface area contributed by atoms with Gasteiger partial charge in [0.2, 0.25) is 0 Å². The second-order valence-corrected chi connectivity index (χ2v) is 3.62. The molecule has 1 aliphatic rings. The third-order valence-corrected chi connectivity index (χ3v) is 2.47. The van der Waals surface area contributed by atoms with Gasteiger partial charge >= 0.3 is 0 Å². The van der Waals surface area contributed by atoms with Gasteiger partial charge in [-0.05, 0) is 19.3 Å². The molecular formula is C9H11ClN2O. The molecule has 4 heteroatoms. The van der Waals surface area contributed by atoms with E-state index in [1.807, 2.05) is 0 Å². The first-order valence-electron chi connectivity index (χ1n) is 4.33. The van der Waals surface area contributed by atoms with Crippen LogP contribution in [0.25, 0.3) is 0 Å². The molecule has 1 heterocycles. The summed E-state index contributed by atoms with van der Waals surface area (Å²) in [7, 11) is 0. The Morgan fingerprint density at radius 3 is 2.92 bits per heavy atom. The van der Waals surface area contributed by atoms with Gasteiger partial charge in [0, 0.05) is 6.07 Å². The molecule has 1 fully saturated rings. The molecule has 0 aromatic carbocycles. The summed E-state index contributed by atoms with van der Waals surface area (Å²) in [4.78, 5) is 3.86. The Bertz CT molecular complexity index is 312. The fourth-order valence-electron chi connectivity index (χ4n) is 1.19. The van der Waals surface area contributed by atoms with Crippen molar-refractivity contribution in [3.63, 3.8) is 0 Å². The van der Waals surface area contributed by atoms with Gasteiger partial charge in [0.05, 0.1) is 12.3 Å². The number of halogens is 1. The molecule has 0 saturated heterocycles. The smallest absolute Gasteiger partial charge is 0.143 e. The summed E-state index contributed by atoms with van der Waals surface area (Å²) in [6, 6.07) is 1.67. The maximum atomic E-state index is 5.88. The molecule has 13 heavy (non-hydrogen) atoms. The third-order valence-electron chi connectivity index (χ3n) is 2.19. The minimum atomic E-state index is 0.319. The highest BCUT2D eigenvalue weighted by Crippen LogP contribution is 2.30. The van der Waals surface area contributed by atoms with Crippen LogP contribution in [0, 0.1) is 0 Å². The predicted octanol–water partition coefficient (Wildman–Crippen LogP) is 2.25. The van der Waals surface area contributed by atoms with Gasteiger partial charge in [0.25, 0.3) is 0 Å². The number of pyridine rings is 1. The molecule has 1 aromatic heterocycles. The van der Waals surface area contributed by atoms with Crippen LogP contribution in [0.4, 0.5) is 5.82 Å². The first-order chi connectivity index (χ1) is 6.25. The van der Waals surface area contributed by atoms with Crippen molar-refractivity contribution in [2.24, 2.45) is 0 Å². The molecule has 2 N–H and O–H groups in total. The largest absolute Gasteiger partial charge is 0.489 e. The number of hydrogen-bond donors (Lipinski definition) is 1. The van der Waals surface area contributed by atoms with E-state index in [-0.39, 0.29) is 0 Å². The molecule has 0 amide bonds. The average molecular weight is 199 g/mol. The van der Waals surface area contributed by atoms with Gasteiger partial charge in [-0.2, -0.15) is 0 Å². The van der Waals surface area contributed by atoms with Crippen molar-refractivity contribution in [1.29, 1.82) is 0 Å². The number of nitrogens with zero attached hydrogens (tertiary/aromatic N) is 1. The molecular weight excluding hydrogens is 188 g/mol.